The van der Waals surface area contributed by atoms with Crippen molar-refractivity contribution < 1.29 is 4.39 Å². The Morgan fingerprint density at radius 3 is 2.33 bits per heavy atom. The molecule has 0 atom stereocenters. The van der Waals surface area contributed by atoms with Crippen LogP contribution in [0, 0.1) is 26.6 Å². The van der Waals surface area contributed by atoms with Crippen LogP contribution in [0.3, 0.4) is 0 Å². The lowest BCUT2D eigenvalue weighted by Crippen LogP contribution is -2.16. The van der Waals surface area contributed by atoms with Crippen molar-refractivity contribution in [2.24, 2.45) is 0 Å². The fraction of sp³-hybridized carbons (Fsp3) is 0.368. The Hall–Kier alpha value is -1.67. The summed E-state index contributed by atoms with van der Waals surface area (Å²) in [7, 11) is 0. The zero-order chi connectivity index (χ0) is 15.0. The molecule has 1 nitrogen and oxygen atoms in total. The molecule has 21 heavy (non-hydrogen) atoms. The van der Waals surface area contributed by atoms with Crippen LogP contribution in [0.5, 0.6) is 0 Å². The van der Waals surface area contributed by atoms with Gasteiger partial charge in [-0.15, -0.1) is 0 Å². The second kappa shape index (κ2) is 5.61. The molecular weight excluding hydrogens is 261 g/mol. The largest absolute Gasteiger partial charge is 0.310 e. The third-order valence-electron chi connectivity index (χ3n) is 4.17. The van der Waals surface area contributed by atoms with Gasteiger partial charge in [0.05, 0.1) is 0 Å². The lowest BCUT2D eigenvalue weighted by molar-refractivity contribution is 0.587. The molecule has 2 heteroatoms. The van der Waals surface area contributed by atoms with Crippen LogP contribution in [-0.4, -0.2) is 6.04 Å². The molecule has 3 rings (SSSR count). The van der Waals surface area contributed by atoms with Gasteiger partial charge in [0.1, 0.15) is 5.82 Å². The Kier molecular flexibility index (Phi) is 3.81. The van der Waals surface area contributed by atoms with E-state index in [0.717, 1.165) is 11.1 Å². The van der Waals surface area contributed by atoms with Crippen LogP contribution in [0.4, 0.5) is 4.39 Å². The number of hydrogen-bond donors (Lipinski definition) is 1. The second-order valence-corrected chi connectivity index (χ2v) is 6.24. The maximum atomic E-state index is 14.0. The molecule has 0 radical (unpaired) electrons. The molecule has 1 N–H and O–H groups in total. The van der Waals surface area contributed by atoms with E-state index < -0.39 is 0 Å². The predicted molar refractivity (Wildman–Crippen MR) is 85.9 cm³/mol. The minimum atomic E-state index is -0.116. The van der Waals surface area contributed by atoms with E-state index >= 15 is 0 Å². The first-order valence-corrected chi connectivity index (χ1v) is 7.64. The van der Waals surface area contributed by atoms with Crippen LogP contribution in [0.15, 0.2) is 30.3 Å². The quantitative estimate of drug-likeness (QED) is 0.859. The summed E-state index contributed by atoms with van der Waals surface area (Å²) in [5, 5.41) is 3.39. The maximum absolute atomic E-state index is 14.0. The molecule has 0 aliphatic heterocycles. The van der Waals surface area contributed by atoms with Crippen LogP contribution >= 0.6 is 0 Å². The fourth-order valence-corrected chi connectivity index (χ4v) is 3.04. The van der Waals surface area contributed by atoms with E-state index in [4.69, 9.17) is 0 Å². The zero-order valence-corrected chi connectivity index (χ0v) is 13.0. The van der Waals surface area contributed by atoms with Gasteiger partial charge in [0.2, 0.25) is 0 Å². The highest BCUT2D eigenvalue weighted by molar-refractivity contribution is 5.71. The SMILES string of the molecule is Cc1cc(C)c(-c2ccc(F)c(CNC3CC3)c2)c(C)c1. The van der Waals surface area contributed by atoms with E-state index in [1.54, 1.807) is 6.07 Å². The van der Waals surface area contributed by atoms with Gasteiger partial charge in [-0.2, -0.15) is 0 Å². The average Bonchev–Trinajstić information content (AvgIpc) is 3.22. The lowest BCUT2D eigenvalue weighted by Gasteiger charge is -2.14. The third-order valence-corrected chi connectivity index (χ3v) is 4.17. The first-order chi connectivity index (χ1) is 10.0. The Bertz CT molecular complexity index is 648. The molecule has 0 spiro atoms. The molecule has 0 unspecified atom stereocenters. The predicted octanol–water partition coefficient (Wildman–Crippen LogP) is 4.67. The molecular formula is C19H22FN. The van der Waals surface area contributed by atoms with Crippen LogP contribution in [0.1, 0.15) is 35.1 Å². The highest BCUT2D eigenvalue weighted by Gasteiger charge is 2.20. The van der Waals surface area contributed by atoms with Gasteiger partial charge in [0, 0.05) is 18.2 Å². The molecule has 1 aliphatic rings. The number of rotatable bonds is 4. The standard InChI is InChI=1S/C19H22FN/c1-12-8-13(2)19(14(3)9-12)15-4-7-18(20)16(10-15)11-21-17-5-6-17/h4,7-10,17,21H,5-6,11H2,1-3H3. The third kappa shape index (κ3) is 3.16. The van der Waals surface area contributed by atoms with Crippen molar-refractivity contribution in [3.63, 3.8) is 0 Å². The minimum Gasteiger partial charge on any atom is -0.310 e. The molecule has 2 aromatic rings. The van der Waals surface area contributed by atoms with Crippen LogP contribution < -0.4 is 5.32 Å². The highest BCUT2D eigenvalue weighted by Crippen LogP contribution is 2.30. The van der Waals surface area contributed by atoms with Crippen molar-refractivity contribution in [2.75, 3.05) is 0 Å². The van der Waals surface area contributed by atoms with E-state index in [2.05, 4.69) is 38.2 Å². The summed E-state index contributed by atoms with van der Waals surface area (Å²) in [6.45, 7) is 6.98. The van der Waals surface area contributed by atoms with Crippen molar-refractivity contribution in [2.45, 2.75) is 46.2 Å². The van der Waals surface area contributed by atoms with Crippen molar-refractivity contribution in [1.29, 1.82) is 0 Å². The summed E-state index contributed by atoms with van der Waals surface area (Å²) in [5.41, 5.74) is 6.87. The molecule has 2 aromatic carbocycles. The Morgan fingerprint density at radius 2 is 1.71 bits per heavy atom. The number of halogens is 1. The van der Waals surface area contributed by atoms with Crippen molar-refractivity contribution in [3.05, 3.63) is 58.4 Å². The van der Waals surface area contributed by atoms with Gasteiger partial charge in [-0.25, -0.2) is 4.39 Å². The van der Waals surface area contributed by atoms with Crippen molar-refractivity contribution in [3.8, 4) is 11.1 Å². The molecule has 110 valence electrons. The summed E-state index contributed by atoms with van der Waals surface area (Å²) in [6.07, 6.45) is 2.44. The van der Waals surface area contributed by atoms with E-state index in [9.17, 15) is 4.39 Å². The minimum absolute atomic E-state index is 0.116. The molecule has 0 bridgehead atoms. The van der Waals surface area contributed by atoms with Crippen LogP contribution in [-0.2, 0) is 6.54 Å². The van der Waals surface area contributed by atoms with Crippen LogP contribution in [0.25, 0.3) is 11.1 Å². The van der Waals surface area contributed by atoms with E-state index in [1.807, 2.05) is 12.1 Å². The van der Waals surface area contributed by atoms with E-state index in [0.29, 0.717) is 12.6 Å². The van der Waals surface area contributed by atoms with Gasteiger partial charge in [-0.1, -0.05) is 23.8 Å². The topological polar surface area (TPSA) is 12.0 Å². The van der Waals surface area contributed by atoms with E-state index in [-0.39, 0.29) is 5.82 Å². The number of hydrogen-bond acceptors (Lipinski definition) is 1. The van der Waals surface area contributed by atoms with E-state index in [1.165, 1.54) is 35.1 Å². The number of aryl methyl sites for hydroxylation is 3. The summed E-state index contributed by atoms with van der Waals surface area (Å²) in [4.78, 5) is 0. The van der Waals surface area contributed by atoms with Crippen molar-refractivity contribution >= 4 is 0 Å². The van der Waals surface area contributed by atoms with Gasteiger partial charge >= 0.3 is 0 Å². The van der Waals surface area contributed by atoms with Gasteiger partial charge in [0.15, 0.2) is 0 Å². The van der Waals surface area contributed by atoms with Gasteiger partial charge in [-0.05, 0) is 68.0 Å². The fourth-order valence-electron chi connectivity index (χ4n) is 3.04. The normalized spacial score (nSPS) is 14.5. The van der Waals surface area contributed by atoms with Crippen molar-refractivity contribution in [1.82, 2.24) is 5.32 Å². The van der Waals surface area contributed by atoms with Gasteiger partial charge in [0.25, 0.3) is 0 Å². The van der Waals surface area contributed by atoms with Crippen LogP contribution in [0.2, 0.25) is 0 Å². The molecule has 1 fully saturated rings. The number of benzene rings is 2. The summed E-state index contributed by atoms with van der Waals surface area (Å²) < 4.78 is 14.0. The first kappa shape index (κ1) is 14.3. The second-order valence-electron chi connectivity index (χ2n) is 6.24. The molecule has 0 aromatic heterocycles. The van der Waals surface area contributed by atoms with Gasteiger partial charge < -0.3 is 5.32 Å². The number of nitrogens with one attached hydrogen (secondary N) is 1. The molecule has 0 heterocycles. The first-order valence-electron chi connectivity index (χ1n) is 7.64. The lowest BCUT2D eigenvalue weighted by atomic mass is 9.93. The molecule has 1 saturated carbocycles. The summed E-state index contributed by atoms with van der Waals surface area (Å²) >= 11 is 0. The Labute approximate surface area is 126 Å². The Balaban J connectivity index is 1.96. The summed E-state index contributed by atoms with van der Waals surface area (Å²) in [6, 6.07) is 10.5. The summed E-state index contributed by atoms with van der Waals surface area (Å²) in [5.74, 6) is -0.116. The average molecular weight is 283 g/mol. The molecule has 0 saturated heterocycles. The van der Waals surface area contributed by atoms with Gasteiger partial charge in [-0.3, -0.25) is 0 Å². The molecule has 0 amide bonds. The zero-order valence-electron chi connectivity index (χ0n) is 13.0. The monoisotopic (exact) mass is 283 g/mol. The molecule has 1 aliphatic carbocycles. The highest BCUT2D eigenvalue weighted by atomic mass is 19.1. The Morgan fingerprint density at radius 1 is 1.05 bits per heavy atom. The maximum Gasteiger partial charge on any atom is 0.127 e. The smallest absolute Gasteiger partial charge is 0.127 e.